The van der Waals surface area contributed by atoms with Crippen LogP contribution in [0.15, 0.2) is 117 Å². The molecule has 3 N–H and O–H groups in total. The second kappa shape index (κ2) is 14.2. The molecule has 210 valence electrons. The molecule has 0 saturated carbocycles. The number of thiazole rings is 1. The van der Waals surface area contributed by atoms with Gasteiger partial charge in [0, 0.05) is 26.0 Å². The van der Waals surface area contributed by atoms with E-state index in [4.69, 9.17) is 0 Å². The number of hydrogen-bond acceptors (Lipinski definition) is 7. The molecule has 0 spiro atoms. The first-order valence-corrected chi connectivity index (χ1v) is 16.1. The number of nitrogens with zero attached hydrogens (tertiary/aromatic N) is 1. The first kappa shape index (κ1) is 29.5. The van der Waals surface area contributed by atoms with Crippen molar-refractivity contribution in [3.8, 4) is 10.6 Å². The van der Waals surface area contributed by atoms with Gasteiger partial charge in [0.2, 0.25) is 5.91 Å². The Kier molecular flexibility index (Phi) is 9.98. The summed E-state index contributed by atoms with van der Waals surface area (Å²) in [5, 5.41) is 12.9. The van der Waals surface area contributed by atoms with Gasteiger partial charge in [-0.05, 0) is 71.6 Å². The number of rotatable bonds is 10. The molecule has 5 aromatic rings. The van der Waals surface area contributed by atoms with E-state index in [2.05, 4.69) is 36.9 Å². The first-order valence-electron chi connectivity index (χ1n) is 12.6. The Morgan fingerprint density at radius 2 is 1.69 bits per heavy atom. The third-order valence-electron chi connectivity index (χ3n) is 5.69. The highest BCUT2D eigenvalue weighted by atomic mass is 79.9. The van der Waals surface area contributed by atoms with Crippen molar-refractivity contribution in [2.75, 3.05) is 16.4 Å². The van der Waals surface area contributed by atoms with E-state index in [1.165, 1.54) is 23.1 Å². The van der Waals surface area contributed by atoms with Crippen molar-refractivity contribution < 1.29 is 14.4 Å². The lowest BCUT2D eigenvalue weighted by atomic mass is 10.1. The molecule has 11 heteroatoms. The van der Waals surface area contributed by atoms with Gasteiger partial charge in [0.1, 0.15) is 5.70 Å². The molecule has 42 heavy (non-hydrogen) atoms. The van der Waals surface area contributed by atoms with Gasteiger partial charge in [-0.3, -0.25) is 14.4 Å². The summed E-state index contributed by atoms with van der Waals surface area (Å²) < 4.78 is 0.849. The summed E-state index contributed by atoms with van der Waals surface area (Å²) >= 11 is 7.81. The molecule has 0 radical (unpaired) electrons. The second-order valence-corrected chi connectivity index (χ2v) is 12.5. The quantitative estimate of drug-likeness (QED) is 0.104. The van der Waals surface area contributed by atoms with Crippen LogP contribution in [0, 0.1) is 0 Å². The van der Waals surface area contributed by atoms with Crippen molar-refractivity contribution in [3.63, 3.8) is 0 Å². The van der Waals surface area contributed by atoms with E-state index >= 15 is 0 Å². The average Bonchev–Trinajstić information content (AvgIpc) is 3.70. The Bertz CT molecular complexity index is 1720. The molecule has 3 aromatic carbocycles. The molecule has 0 unspecified atom stereocenters. The topological polar surface area (TPSA) is 100 Å². The maximum atomic E-state index is 13.3. The largest absolute Gasteiger partial charge is 0.321 e. The minimum atomic E-state index is -0.468. The zero-order valence-corrected chi connectivity index (χ0v) is 25.9. The number of thioether (sulfide) groups is 1. The van der Waals surface area contributed by atoms with Crippen LogP contribution in [0.25, 0.3) is 16.6 Å². The van der Waals surface area contributed by atoms with Gasteiger partial charge in [-0.2, -0.15) is 0 Å². The molecule has 0 aliphatic carbocycles. The Morgan fingerprint density at radius 3 is 2.43 bits per heavy atom. The van der Waals surface area contributed by atoms with E-state index in [0.29, 0.717) is 16.4 Å². The SMILES string of the molecule is O=C(CSc1ccc(NC(=O)/C(=C/c2cccc(Br)c2)NC(=O)c2ccccc2)cc1)Nc1nc(-c2cccs2)cs1. The number of nitrogens with one attached hydrogen (secondary N) is 3. The third kappa shape index (κ3) is 8.26. The number of carbonyl (C=O) groups excluding carboxylic acids is 3. The van der Waals surface area contributed by atoms with Gasteiger partial charge in [-0.25, -0.2) is 4.98 Å². The molecule has 2 aromatic heterocycles. The van der Waals surface area contributed by atoms with Crippen LogP contribution in [0.3, 0.4) is 0 Å². The normalized spacial score (nSPS) is 11.1. The zero-order chi connectivity index (χ0) is 29.3. The molecule has 0 saturated heterocycles. The molecule has 0 fully saturated rings. The highest BCUT2D eigenvalue weighted by Gasteiger charge is 2.15. The standard InChI is InChI=1S/C31H23BrN4O3S3/c32-22-9-4-6-20(16-22)17-25(34-29(38)21-7-2-1-3-8-21)30(39)33-23-11-13-24(14-12-23)41-19-28(37)36-31-35-26(18-42-31)27-10-5-15-40-27/h1-18H,19H2,(H,33,39)(H,34,38)(H,35,36,37)/b25-17-. The minimum Gasteiger partial charge on any atom is -0.321 e. The number of halogens is 1. The molecular formula is C31H23BrN4O3S3. The number of hydrogen-bond donors (Lipinski definition) is 3. The van der Waals surface area contributed by atoms with Crippen molar-refractivity contribution in [2.45, 2.75) is 4.90 Å². The highest BCUT2D eigenvalue weighted by molar-refractivity contribution is 9.10. The lowest BCUT2D eigenvalue weighted by Gasteiger charge is -2.12. The predicted molar refractivity (Wildman–Crippen MR) is 176 cm³/mol. The molecule has 0 bridgehead atoms. The van der Waals surface area contributed by atoms with Crippen molar-refractivity contribution in [2.24, 2.45) is 0 Å². The van der Waals surface area contributed by atoms with Gasteiger partial charge >= 0.3 is 0 Å². The van der Waals surface area contributed by atoms with Gasteiger partial charge in [0.15, 0.2) is 5.13 Å². The fraction of sp³-hybridized carbons (Fsp3) is 0.0323. The summed E-state index contributed by atoms with van der Waals surface area (Å²) in [7, 11) is 0. The van der Waals surface area contributed by atoms with E-state index in [1.807, 2.05) is 65.4 Å². The van der Waals surface area contributed by atoms with E-state index < -0.39 is 11.8 Å². The molecule has 2 heterocycles. The molecule has 3 amide bonds. The Labute approximate surface area is 263 Å². The van der Waals surface area contributed by atoms with Crippen LogP contribution in [-0.2, 0) is 9.59 Å². The smallest absolute Gasteiger partial charge is 0.272 e. The van der Waals surface area contributed by atoms with Gasteiger partial charge in [-0.15, -0.1) is 34.4 Å². The van der Waals surface area contributed by atoms with Crippen LogP contribution in [0.1, 0.15) is 15.9 Å². The van der Waals surface area contributed by atoms with Crippen LogP contribution in [0.2, 0.25) is 0 Å². The van der Waals surface area contributed by atoms with Gasteiger partial charge in [0.25, 0.3) is 11.8 Å². The zero-order valence-electron chi connectivity index (χ0n) is 21.9. The van der Waals surface area contributed by atoms with Gasteiger partial charge in [-0.1, -0.05) is 52.3 Å². The number of carbonyl (C=O) groups is 3. The Hall–Kier alpha value is -4.03. The monoisotopic (exact) mass is 674 g/mol. The summed E-state index contributed by atoms with van der Waals surface area (Å²) in [5.41, 5.74) is 2.68. The van der Waals surface area contributed by atoms with Gasteiger partial charge in [0.05, 0.1) is 16.3 Å². The molecule has 0 atom stereocenters. The molecule has 0 aliphatic heterocycles. The molecule has 0 aliphatic rings. The summed E-state index contributed by atoms with van der Waals surface area (Å²) in [5.74, 6) is -0.798. The average molecular weight is 676 g/mol. The lowest BCUT2D eigenvalue weighted by molar-refractivity contribution is -0.114. The maximum Gasteiger partial charge on any atom is 0.272 e. The van der Waals surface area contributed by atoms with Crippen LogP contribution in [-0.4, -0.2) is 28.5 Å². The molecule has 7 nitrogen and oxygen atoms in total. The van der Waals surface area contributed by atoms with E-state index in [9.17, 15) is 14.4 Å². The Morgan fingerprint density at radius 1 is 0.881 bits per heavy atom. The van der Waals surface area contributed by atoms with E-state index in [0.717, 1.165) is 25.5 Å². The summed E-state index contributed by atoms with van der Waals surface area (Å²) in [6, 6.07) is 27.2. The van der Waals surface area contributed by atoms with Crippen LogP contribution in [0.4, 0.5) is 10.8 Å². The summed E-state index contributed by atoms with van der Waals surface area (Å²) in [6.07, 6.45) is 1.62. The molecular weight excluding hydrogens is 652 g/mol. The maximum absolute atomic E-state index is 13.3. The third-order valence-corrected chi connectivity index (χ3v) is 8.85. The summed E-state index contributed by atoms with van der Waals surface area (Å²) in [4.78, 5) is 45.0. The lowest BCUT2D eigenvalue weighted by Crippen LogP contribution is -2.30. The number of anilines is 2. The van der Waals surface area contributed by atoms with Crippen LogP contribution >= 0.6 is 50.4 Å². The van der Waals surface area contributed by atoms with Gasteiger partial charge < -0.3 is 16.0 Å². The fourth-order valence-corrected chi connectivity index (χ4v) is 6.31. The van der Waals surface area contributed by atoms with Crippen molar-refractivity contribution in [1.29, 1.82) is 0 Å². The number of thiophene rings is 1. The predicted octanol–water partition coefficient (Wildman–Crippen LogP) is 7.77. The number of amides is 3. The number of aromatic nitrogens is 1. The van der Waals surface area contributed by atoms with Crippen molar-refractivity contribution in [3.05, 3.63) is 123 Å². The van der Waals surface area contributed by atoms with Crippen LogP contribution < -0.4 is 16.0 Å². The fourth-order valence-electron chi connectivity index (χ4n) is 3.71. The van der Waals surface area contributed by atoms with E-state index in [1.54, 1.807) is 53.8 Å². The molecule has 5 rings (SSSR count). The number of benzene rings is 3. The summed E-state index contributed by atoms with van der Waals surface area (Å²) in [6.45, 7) is 0. The first-order chi connectivity index (χ1) is 20.4. The van der Waals surface area contributed by atoms with Crippen molar-refractivity contribution in [1.82, 2.24) is 10.3 Å². The van der Waals surface area contributed by atoms with Crippen LogP contribution in [0.5, 0.6) is 0 Å². The highest BCUT2D eigenvalue weighted by Crippen LogP contribution is 2.28. The van der Waals surface area contributed by atoms with E-state index in [-0.39, 0.29) is 17.4 Å². The second-order valence-electron chi connectivity index (χ2n) is 8.76. The van der Waals surface area contributed by atoms with Crippen molar-refractivity contribution >= 4 is 85.0 Å². The Balaban J connectivity index is 1.19. The minimum absolute atomic E-state index is 0.0986.